The van der Waals surface area contributed by atoms with E-state index in [0.717, 1.165) is 0 Å². The molecular formula is C12H12N4O2. The average Bonchev–Trinajstić information content (AvgIpc) is 2.42. The minimum atomic E-state index is -0.844. The molecule has 18 heavy (non-hydrogen) atoms. The van der Waals surface area contributed by atoms with Crippen LogP contribution in [0.1, 0.15) is 10.4 Å². The number of amides is 3. The molecule has 1 aromatic carbocycles. The SMILES string of the molecule is NC(=O)NC(=O)c1ccccc1.c1cncnc1. The highest BCUT2D eigenvalue weighted by Crippen LogP contribution is 1.96. The van der Waals surface area contributed by atoms with Crippen molar-refractivity contribution in [2.24, 2.45) is 5.73 Å². The molecule has 0 aliphatic carbocycles. The summed E-state index contributed by atoms with van der Waals surface area (Å²) in [6, 6.07) is 9.31. The van der Waals surface area contributed by atoms with Crippen LogP contribution < -0.4 is 11.1 Å². The van der Waals surface area contributed by atoms with E-state index in [1.165, 1.54) is 6.33 Å². The van der Waals surface area contributed by atoms with Crippen LogP contribution in [0.2, 0.25) is 0 Å². The lowest BCUT2D eigenvalue weighted by Gasteiger charge is -1.98. The molecule has 0 radical (unpaired) electrons. The molecule has 3 amide bonds. The van der Waals surface area contributed by atoms with E-state index >= 15 is 0 Å². The van der Waals surface area contributed by atoms with Gasteiger partial charge in [-0.25, -0.2) is 14.8 Å². The molecule has 0 spiro atoms. The second-order valence-corrected chi connectivity index (χ2v) is 3.09. The summed E-state index contributed by atoms with van der Waals surface area (Å²) in [6.07, 6.45) is 4.88. The molecule has 0 atom stereocenters. The third-order valence-electron chi connectivity index (χ3n) is 1.75. The van der Waals surface area contributed by atoms with E-state index in [1.807, 2.05) is 5.32 Å². The fraction of sp³-hybridized carbons (Fsp3) is 0. The van der Waals surface area contributed by atoms with Gasteiger partial charge >= 0.3 is 6.03 Å². The minimum absolute atomic E-state index is 0.413. The third-order valence-corrected chi connectivity index (χ3v) is 1.75. The summed E-state index contributed by atoms with van der Waals surface area (Å²) >= 11 is 0. The van der Waals surface area contributed by atoms with Crippen molar-refractivity contribution in [2.75, 3.05) is 0 Å². The smallest absolute Gasteiger partial charge is 0.319 e. The number of nitrogens with zero attached hydrogens (tertiary/aromatic N) is 2. The van der Waals surface area contributed by atoms with Crippen LogP contribution in [0.5, 0.6) is 0 Å². The van der Waals surface area contributed by atoms with Gasteiger partial charge in [0.05, 0.1) is 0 Å². The number of rotatable bonds is 1. The van der Waals surface area contributed by atoms with Crippen molar-refractivity contribution in [3.05, 3.63) is 60.7 Å². The molecule has 0 fully saturated rings. The first-order valence-corrected chi connectivity index (χ1v) is 5.06. The van der Waals surface area contributed by atoms with Gasteiger partial charge in [-0.1, -0.05) is 18.2 Å². The molecule has 0 bridgehead atoms. The number of urea groups is 1. The van der Waals surface area contributed by atoms with Crippen molar-refractivity contribution in [1.29, 1.82) is 0 Å². The maximum Gasteiger partial charge on any atom is 0.319 e. The maximum atomic E-state index is 11.0. The highest BCUT2D eigenvalue weighted by molar-refractivity contribution is 6.03. The minimum Gasteiger partial charge on any atom is -0.351 e. The molecule has 1 heterocycles. The Kier molecular flexibility index (Phi) is 5.55. The first kappa shape index (κ1) is 13.3. The molecule has 1 aromatic heterocycles. The number of hydrogen-bond acceptors (Lipinski definition) is 4. The van der Waals surface area contributed by atoms with E-state index in [1.54, 1.807) is 48.8 Å². The quantitative estimate of drug-likeness (QED) is 0.780. The van der Waals surface area contributed by atoms with E-state index < -0.39 is 11.9 Å². The number of aromatic nitrogens is 2. The monoisotopic (exact) mass is 244 g/mol. The van der Waals surface area contributed by atoms with Gasteiger partial charge in [0.25, 0.3) is 5.91 Å². The molecule has 6 heteroatoms. The summed E-state index contributed by atoms with van der Waals surface area (Å²) < 4.78 is 0. The lowest BCUT2D eigenvalue weighted by Crippen LogP contribution is -2.34. The molecule has 0 aliphatic rings. The summed E-state index contributed by atoms with van der Waals surface area (Å²) in [6.45, 7) is 0. The van der Waals surface area contributed by atoms with Crippen molar-refractivity contribution >= 4 is 11.9 Å². The summed E-state index contributed by atoms with van der Waals surface area (Å²) in [5, 5.41) is 1.96. The number of benzene rings is 1. The number of carbonyl (C=O) groups excluding carboxylic acids is 2. The average molecular weight is 244 g/mol. The molecule has 2 rings (SSSR count). The van der Waals surface area contributed by atoms with Crippen molar-refractivity contribution < 1.29 is 9.59 Å². The van der Waals surface area contributed by atoms with Crippen LogP contribution in [0.25, 0.3) is 0 Å². The fourth-order valence-corrected chi connectivity index (χ4v) is 1.03. The number of primary amides is 1. The Morgan fingerprint density at radius 1 is 1.00 bits per heavy atom. The molecule has 0 saturated carbocycles. The maximum absolute atomic E-state index is 11.0. The van der Waals surface area contributed by atoms with Crippen LogP contribution in [-0.4, -0.2) is 21.9 Å². The van der Waals surface area contributed by atoms with E-state index in [2.05, 4.69) is 9.97 Å². The van der Waals surface area contributed by atoms with Crippen LogP contribution in [-0.2, 0) is 0 Å². The van der Waals surface area contributed by atoms with E-state index in [4.69, 9.17) is 5.73 Å². The summed E-state index contributed by atoms with van der Waals surface area (Å²) in [5.41, 5.74) is 5.17. The Morgan fingerprint density at radius 2 is 1.61 bits per heavy atom. The molecule has 0 saturated heterocycles. The van der Waals surface area contributed by atoms with Gasteiger partial charge in [-0.15, -0.1) is 0 Å². The number of nitrogens with one attached hydrogen (secondary N) is 1. The number of nitrogens with two attached hydrogens (primary N) is 1. The van der Waals surface area contributed by atoms with Gasteiger partial charge in [0.1, 0.15) is 6.33 Å². The van der Waals surface area contributed by atoms with E-state index in [0.29, 0.717) is 5.56 Å². The van der Waals surface area contributed by atoms with Gasteiger partial charge in [0.15, 0.2) is 0 Å². The van der Waals surface area contributed by atoms with Crippen LogP contribution >= 0.6 is 0 Å². The zero-order chi connectivity index (χ0) is 13.2. The van der Waals surface area contributed by atoms with Gasteiger partial charge in [-0.2, -0.15) is 0 Å². The molecule has 6 nitrogen and oxygen atoms in total. The van der Waals surface area contributed by atoms with E-state index in [-0.39, 0.29) is 0 Å². The molecule has 0 aliphatic heterocycles. The van der Waals surface area contributed by atoms with Gasteiger partial charge in [0, 0.05) is 18.0 Å². The lowest BCUT2D eigenvalue weighted by molar-refractivity contribution is 0.0966. The van der Waals surface area contributed by atoms with Gasteiger partial charge < -0.3 is 5.73 Å². The van der Waals surface area contributed by atoms with Crippen LogP contribution in [0.3, 0.4) is 0 Å². The zero-order valence-corrected chi connectivity index (χ0v) is 9.48. The van der Waals surface area contributed by atoms with Crippen LogP contribution in [0.4, 0.5) is 4.79 Å². The molecular weight excluding hydrogens is 232 g/mol. The first-order valence-electron chi connectivity index (χ1n) is 5.06. The van der Waals surface area contributed by atoms with Crippen LogP contribution in [0, 0.1) is 0 Å². The van der Waals surface area contributed by atoms with Crippen molar-refractivity contribution in [3.8, 4) is 0 Å². The highest BCUT2D eigenvalue weighted by atomic mass is 16.2. The normalized spacial score (nSPS) is 8.67. The molecule has 92 valence electrons. The van der Waals surface area contributed by atoms with Crippen molar-refractivity contribution in [3.63, 3.8) is 0 Å². The molecule has 3 N–H and O–H groups in total. The Balaban J connectivity index is 0.000000225. The number of imide groups is 1. The Hall–Kier alpha value is -2.76. The van der Waals surface area contributed by atoms with Gasteiger partial charge in [-0.05, 0) is 18.2 Å². The van der Waals surface area contributed by atoms with Gasteiger partial charge in [0.2, 0.25) is 0 Å². The number of carbonyl (C=O) groups is 2. The predicted octanol–water partition coefficient (Wildman–Crippen LogP) is 0.972. The lowest BCUT2D eigenvalue weighted by atomic mass is 10.2. The first-order chi connectivity index (χ1) is 8.70. The Labute approximate surface area is 104 Å². The second kappa shape index (κ2) is 7.50. The molecule has 2 aromatic rings. The number of hydrogen-bond donors (Lipinski definition) is 2. The standard InChI is InChI=1S/C8H8N2O2.C4H4N2/c9-8(12)10-7(11)6-4-2-1-3-5-6;1-2-5-4-6-3-1/h1-5H,(H3,9,10,11,12);1-4H. The van der Waals surface area contributed by atoms with Crippen LogP contribution in [0.15, 0.2) is 55.1 Å². The third kappa shape index (κ3) is 5.36. The van der Waals surface area contributed by atoms with E-state index in [9.17, 15) is 9.59 Å². The Bertz CT molecular complexity index is 461. The topological polar surface area (TPSA) is 98.0 Å². The second-order valence-electron chi connectivity index (χ2n) is 3.09. The predicted molar refractivity (Wildman–Crippen MR) is 65.5 cm³/mol. The zero-order valence-electron chi connectivity index (χ0n) is 9.48. The highest BCUT2D eigenvalue weighted by Gasteiger charge is 2.05. The largest absolute Gasteiger partial charge is 0.351 e. The summed E-state index contributed by atoms with van der Waals surface area (Å²) in [4.78, 5) is 28.7. The fourth-order valence-electron chi connectivity index (χ4n) is 1.03. The Morgan fingerprint density at radius 3 is 2.00 bits per heavy atom. The summed E-state index contributed by atoms with van der Waals surface area (Å²) in [5.74, 6) is -0.483. The molecule has 0 unspecified atom stereocenters. The van der Waals surface area contributed by atoms with Gasteiger partial charge in [-0.3, -0.25) is 10.1 Å². The van der Waals surface area contributed by atoms with Crippen molar-refractivity contribution in [1.82, 2.24) is 15.3 Å². The summed E-state index contributed by atoms with van der Waals surface area (Å²) in [7, 11) is 0. The van der Waals surface area contributed by atoms with Crippen molar-refractivity contribution in [2.45, 2.75) is 0 Å².